The molecule has 2 N–H and O–H groups in total. The number of rotatable bonds is 3. The van der Waals surface area contributed by atoms with Gasteiger partial charge in [-0.1, -0.05) is 6.07 Å². The third-order valence-corrected chi connectivity index (χ3v) is 3.60. The predicted octanol–water partition coefficient (Wildman–Crippen LogP) is 2.41. The first-order chi connectivity index (χ1) is 9.38. The van der Waals surface area contributed by atoms with E-state index in [1.807, 2.05) is 25.4 Å². The summed E-state index contributed by atoms with van der Waals surface area (Å²) in [6, 6.07) is 8.19. The molecule has 100 valence electrons. The van der Waals surface area contributed by atoms with Crippen molar-refractivity contribution in [2.75, 3.05) is 25.5 Å². The van der Waals surface area contributed by atoms with E-state index in [1.54, 1.807) is 0 Å². The maximum atomic E-state index is 6.09. The van der Waals surface area contributed by atoms with E-state index in [2.05, 4.69) is 27.8 Å². The minimum absolute atomic E-state index is 0.276. The van der Waals surface area contributed by atoms with E-state index >= 15 is 0 Å². The average molecular weight is 257 g/mol. The largest absolute Gasteiger partial charge is 0.474 e. The molecular weight excluding hydrogens is 238 g/mol. The van der Waals surface area contributed by atoms with E-state index in [0.29, 0.717) is 0 Å². The first kappa shape index (κ1) is 12.2. The highest BCUT2D eigenvalue weighted by Gasteiger charge is 2.16. The number of hydrogen-bond donors (Lipinski definition) is 2. The molecule has 0 bridgehead atoms. The Morgan fingerprint density at radius 2 is 2.05 bits per heavy atom. The Balaban J connectivity index is 1.94. The fourth-order valence-electron chi connectivity index (χ4n) is 2.56. The summed E-state index contributed by atoms with van der Waals surface area (Å²) in [6.45, 7) is 2.05. The molecule has 0 unspecified atom stereocenters. The lowest BCUT2D eigenvalue weighted by Gasteiger charge is -2.23. The Morgan fingerprint density at radius 1 is 1.21 bits per heavy atom. The van der Waals surface area contributed by atoms with Crippen molar-refractivity contribution in [3.05, 3.63) is 30.5 Å². The maximum Gasteiger partial charge on any atom is 0.221 e. The molecule has 0 atom stereocenters. The molecule has 4 heteroatoms. The van der Waals surface area contributed by atoms with Crippen LogP contribution in [0.2, 0.25) is 0 Å². The van der Waals surface area contributed by atoms with E-state index in [4.69, 9.17) is 4.74 Å². The quantitative estimate of drug-likeness (QED) is 0.886. The summed E-state index contributed by atoms with van der Waals surface area (Å²) in [5, 5.41) is 8.79. The molecule has 1 fully saturated rings. The van der Waals surface area contributed by atoms with Crippen molar-refractivity contribution < 1.29 is 4.74 Å². The fourth-order valence-corrected chi connectivity index (χ4v) is 2.56. The number of fused-ring (bicyclic) bond motifs is 1. The first-order valence-corrected chi connectivity index (χ1v) is 6.81. The van der Waals surface area contributed by atoms with Crippen LogP contribution in [0.3, 0.4) is 0 Å². The standard InChI is InChI=1S/C15H19N3O/c1-16-14-4-2-3-13-12(14)7-10-18-15(13)19-11-5-8-17-9-6-11/h2-4,7,10-11,16-17H,5-6,8-9H2,1H3. The van der Waals surface area contributed by atoms with Crippen LogP contribution in [0.4, 0.5) is 5.69 Å². The average Bonchev–Trinajstić information content (AvgIpc) is 2.48. The van der Waals surface area contributed by atoms with Gasteiger partial charge in [-0.25, -0.2) is 4.98 Å². The van der Waals surface area contributed by atoms with Gasteiger partial charge in [-0.2, -0.15) is 0 Å². The van der Waals surface area contributed by atoms with E-state index in [1.165, 1.54) is 0 Å². The number of anilines is 1. The fraction of sp³-hybridized carbons (Fsp3) is 0.400. The summed E-state index contributed by atoms with van der Waals surface area (Å²) in [5.74, 6) is 0.751. The zero-order valence-corrected chi connectivity index (χ0v) is 11.1. The molecule has 0 aliphatic carbocycles. The van der Waals surface area contributed by atoms with Gasteiger partial charge in [0.15, 0.2) is 0 Å². The molecule has 19 heavy (non-hydrogen) atoms. The van der Waals surface area contributed by atoms with Gasteiger partial charge in [0.1, 0.15) is 6.10 Å². The van der Waals surface area contributed by atoms with Gasteiger partial charge >= 0.3 is 0 Å². The van der Waals surface area contributed by atoms with Crippen LogP contribution in [0.5, 0.6) is 5.88 Å². The Kier molecular flexibility index (Phi) is 3.51. The van der Waals surface area contributed by atoms with E-state index < -0.39 is 0 Å². The highest BCUT2D eigenvalue weighted by molar-refractivity contribution is 5.96. The van der Waals surface area contributed by atoms with Gasteiger partial charge in [0.2, 0.25) is 5.88 Å². The number of hydrogen-bond acceptors (Lipinski definition) is 4. The molecule has 0 saturated carbocycles. The van der Waals surface area contributed by atoms with E-state index in [0.717, 1.165) is 48.3 Å². The third kappa shape index (κ3) is 2.49. The van der Waals surface area contributed by atoms with Crippen molar-refractivity contribution in [1.82, 2.24) is 10.3 Å². The van der Waals surface area contributed by atoms with Crippen LogP contribution in [0.25, 0.3) is 10.8 Å². The highest BCUT2D eigenvalue weighted by Crippen LogP contribution is 2.29. The predicted molar refractivity (Wildman–Crippen MR) is 77.8 cm³/mol. The maximum absolute atomic E-state index is 6.09. The molecule has 2 aromatic rings. The number of pyridine rings is 1. The summed E-state index contributed by atoms with van der Waals surface area (Å²) < 4.78 is 6.09. The minimum atomic E-state index is 0.276. The van der Waals surface area contributed by atoms with Crippen LogP contribution in [0.15, 0.2) is 30.5 Å². The zero-order chi connectivity index (χ0) is 13.1. The van der Waals surface area contributed by atoms with Crippen molar-refractivity contribution in [1.29, 1.82) is 0 Å². The lowest BCUT2D eigenvalue weighted by molar-refractivity contribution is 0.158. The van der Waals surface area contributed by atoms with Crippen molar-refractivity contribution in [3.63, 3.8) is 0 Å². The monoisotopic (exact) mass is 257 g/mol. The second kappa shape index (κ2) is 5.45. The summed E-state index contributed by atoms with van der Waals surface area (Å²) >= 11 is 0. The highest BCUT2D eigenvalue weighted by atomic mass is 16.5. The van der Waals surface area contributed by atoms with Gasteiger partial charge in [0.25, 0.3) is 0 Å². The summed E-state index contributed by atoms with van der Waals surface area (Å²) in [6.07, 6.45) is 4.19. The first-order valence-electron chi connectivity index (χ1n) is 6.81. The molecule has 3 rings (SSSR count). The Labute approximate surface area is 113 Å². The third-order valence-electron chi connectivity index (χ3n) is 3.60. The lowest BCUT2D eigenvalue weighted by Crippen LogP contribution is -2.34. The van der Waals surface area contributed by atoms with Crippen molar-refractivity contribution >= 4 is 16.5 Å². The Morgan fingerprint density at radius 3 is 2.84 bits per heavy atom. The molecule has 1 aromatic carbocycles. The van der Waals surface area contributed by atoms with Crippen LogP contribution in [0.1, 0.15) is 12.8 Å². The van der Waals surface area contributed by atoms with Crippen molar-refractivity contribution in [2.45, 2.75) is 18.9 Å². The summed E-state index contributed by atoms with van der Waals surface area (Å²) in [4.78, 5) is 4.41. The molecule has 0 radical (unpaired) electrons. The second-order valence-electron chi connectivity index (χ2n) is 4.83. The summed E-state index contributed by atoms with van der Waals surface area (Å²) in [7, 11) is 1.93. The number of nitrogens with one attached hydrogen (secondary N) is 2. The van der Waals surface area contributed by atoms with E-state index in [9.17, 15) is 0 Å². The van der Waals surface area contributed by atoms with Crippen molar-refractivity contribution in [2.24, 2.45) is 0 Å². The van der Waals surface area contributed by atoms with Crippen LogP contribution >= 0.6 is 0 Å². The molecule has 1 aliphatic heterocycles. The minimum Gasteiger partial charge on any atom is -0.474 e. The van der Waals surface area contributed by atoms with Gasteiger partial charge in [-0.05, 0) is 44.1 Å². The van der Waals surface area contributed by atoms with Crippen LogP contribution < -0.4 is 15.4 Å². The molecule has 1 saturated heterocycles. The Bertz CT molecular complexity index is 564. The summed E-state index contributed by atoms with van der Waals surface area (Å²) in [5.41, 5.74) is 1.11. The van der Waals surface area contributed by atoms with Gasteiger partial charge in [-0.3, -0.25) is 0 Å². The van der Waals surface area contributed by atoms with Crippen LogP contribution in [-0.2, 0) is 0 Å². The van der Waals surface area contributed by atoms with Crippen molar-refractivity contribution in [3.8, 4) is 5.88 Å². The Hall–Kier alpha value is -1.81. The second-order valence-corrected chi connectivity index (χ2v) is 4.83. The number of piperidine rings is 1. The molecule has 2 heterocycles. The van der Waals surface area contributed by atoms with E-state index in [-0.39, 0.29) is 6.10 Å². The SMILES string of the molecule is CNc1cccc2c(OC3CCNCC3)nccc12. The number of benzene rings is 1. The molecule has 0 spiro atoms. The molecule has 0 amide bonds. The number of ether oxygens (including phenoxy) is 1. The molecule has 1 aromatic heterocycles. The lowest BCUT2D eigenvalue weighted by atomic mass is 10.1. The topological polar surface area (TPSA) is 46.2 Å². The zero-order valence-electron chi connectivity index (χ0n) is 11.1. The van der Waals surface area contributed by atoms with Gasteiger partial charge in [-0.15, -0.1) is 0 Å². The molecule has 4 nitrogen and oxygen atoms in total. The van der Waals surface area contributed by atoms with Gasteiger partial charge < -0.3 is 15.4 Å². The smallest absolute Gasteiger partial charge is 0.221 e. The molecular formula is C15H19N3O. The number of aromatic nitrogens is 1. The van der Waals surface area contributed by atoms with Gasteiger partial charge in [0, 0.05) is 29.7 Å². The molecule has 1 aliphatic rings. The number of nitrogens with zero attached hydrogens (tertiary/aromatic N) is 1. The van der Waals surface area contributed by atoms with Gasteiger partial charge in [0.05, 0.1) is 0 Å². The van der Waals surface area contributed by atoms with Crippen LogP contribution in [0, 0.1) is 0 Å². The normalized spacial score (nSPS) is 16.5. The van der Waals surface area contributed by atoms with Crippen LogP contribution in [-0.4, -0.2) is 31.2 Å².